The third-order valence-electron chi connectivity index (χ3n) is 3.38. The molecule has 0 aromatic heterocycles. The van der Waals surface area contributed by atoms with Crippen molar-refractivity contribution in [2.75, 3.05) is 13.2 Å². The second-order valence-electron chi connectivity index (χ2n) is 5.45. The largest absolute Gasteiger partial charge is 0.491 e. The molecule has 1 amide bonds. The molecule has 2 rings (SSSR count). The first-order valence-electron chi connectivity index (χ1n) is 7.37. The smallest absolute Gasteiger partial charge is 0.251 e. The molecule has 0 aliphatic heterocycles. The molecule has 0 radical (unpaired) electrons. The quantitative estimate of drug-likeness (QED) is 0.861. The van der Waals surface area contributed by atoms with Crippen molar-refractivity contribution in [3.05, 3.63) is 65.0 Å². The molecule has 2 N–H and O–H groups in total. The van der Waals surface area contributed by atoms with Crippen LogP contribution in [0.3, 0.4) is 0 Å². The van der Waals surface area contributed by atoms with Gasteiger partial charge in [0.2, 0.25) is 0 Å². The fraction of sp³-hybridized carbons (Fsp3) is 0.278. The zero-order valence-corrected chi connectivity index (χ0v) is 13.2. The van der Waals surface area contributed by atoms with Crippen LogP contribution >= 0.6 is 0 Å². The summed E-state index contributed by atoms with van der Waals surface area (Å²) in [6.45, 7) is 3.92. The number of hydrogen-bond donors (Lipinski definition) is 2. The van der Waals surface area contributed by atoms with Gasteiger partial charge in [0.15, 0.2) is 0 Å². The monoisotopic (exact) mass is 317 g/mol. The van der Waals surface area contributed by atoms with Crippen LogP contribution in [0.4, 0.5) is 4.39 Å². The topological polar surface area (TPSA) is 58.6 Å². The molecule has 23 heavy (non-hydrogen) atoms. The van der Waals surface area contributed by atoms with Crippen LogP contribution in [-0.2, 0) is 0 Å². The average Bonchev–Trinajstić information content (AvgIpc) is 2.52. The van der Waals surface area contributed by atoms with E-state index in [0.29, 0.717) is 11.3 Å². The third kappa shape index (κ3) is 5.07. The summed E-state index contributed by atoms with van der Waals surface area (Å²) in [7, 11) is 0. The van der Waals surface area contributed by atoms with Crippen molar-refractivity contribution < 1.29 is 19.0 Å². The van der Waals surface area contributed by atoms with Crippen molar-refractivity contribution in [1.82, 2.24) is 5.32 Å². The van der Waals surface area contributed by atoms with Gasteiger partial charge in [0.05, 0.1) is 0 Å². The maximum absolute atomic E-state index is 12.8. The summed E-state index contributed by atoms with van der Waals surface area (Å²) in [6.07, 6.45) is -0.852. The first kappa shape index (κ1) is 17.0. The third-order valence-corrected chi connectivity index (χ3v) is 3.38. The number of hydrogen-bond acceptors (Lipinski definition) is 3. The Bertz CT molecular complexity index is 670. The molecule has 0 bridgehead atoms. The van der Waals surface area contributed by atoms with Gasteiger partial charge in [-0.3, -0.25) is 4.79 Å². The van der Waals surface area contributed by atoms with E-state index in [1.54, 1.807) is 6.07 Å². The highest BCUT2D eigenvalue weighted by molar-refractivity contribution is 5.95. The molecule has 122 valence electrons. The van der Waals surface area contributed by atoms with Crippen molar-refractivity contribution in [2.45, 2.75) is 20.0 Å². The average molecular weight is 317 g/mol. The Hall–Kier alpha value is -2.40. The molecule has 0 spiro atoms. The lowest BCUT2D eigenvalue weighted by atomic mass is 10.1. The van der Waals surface area contributed by atoms with E-state index in [9.17, 15) is 14.3 Å². The van der Waals surface area contributed by atoms with Crippen LogP contribution in [0.5, 0.6) is 5.75 Å². The summed E-state index contributed by atoms with van der Waals surface area (Å²) < 4.78 is 18.1. The van der Waals surface area contributed by atoms with Crippen LogP contribution < -0.4 is 10.1 Å². The van der Waals surface area contributed by atoms with Crippen LogP contribution in [0.2, 0.25) is 0 Å². The number of aliphatic hydroxyl groups is 1. The molecule has 4 nitrogen and oxygen atoms in total. The van der Waals surface area contributed by atoms with Gasteiger partial charge < -0.3 is 15.2 Å². The van der Waals surface area contributed by atoms with Gasteiger partial charge in [-0.2, -0.15) is 0 Å². The molecule has 0 saturated heterocycles. The zero-order chi connectivity index (χ0) is 16.8. The Kier molecular flexibility index (Phi) is 5.71. The summed E-state index contributed by atoms with van der Waals surface area (Å²) in [5.74, 6) is -0.117. The predicted molar refractivity (Wildman–Crippen MR) is 86.2 cm³/mol. The minimum Gasteiger partial charge on any atom is -0.491 e. The maximum atomic E-state index is 12.8. The van der Waals surface area contributed by atoms with Crippen molar-refractivity contribution >= 4 is 5.91 Å². The highest BCUT2D eigenvalue weighted by Crippen LogP contribution is 2.12. The zero-order valence-electron chi connectivity index (χ0n) is 13.2. The van der Waals surface area contributed by atoms with E-state index in [1.165, 1.54) is 24.3 Å². The normalized spacial score (nSPS) is 11.8. The van der Waals surface area contributed by atoms with E-state index >= 15 is 0 Å². The van der Waals surface area contributed by atoms with E-state index < -0.39 is 6.10 Å². The van der Waals surface area contributed by atoms with E-state index in [4.69, 9.17) is 4.74 Å². The Morgan fingerprint density at radius 3 is 2.57 bits per heavy atom. The maximum Gasteiger partial charge on any atom is 0.251 e. The number of benzene rings is 2. The van der Waals surface area contributed by atoms with Gasteiger partial charge in [0, 0.05) is 12.1 Å². The SMILES string of the molecule is Cc1ccc(C(=O)NCC(O)COc2ccc(F)cc2)c(C)c1. The highest BCUT2D eigenvalue weighted by atomic mass is 19.1. The minimum atomic E-state index is -0.852. The van der Waals surface area contributed by atoms with Crippen LogP contribution in [0.25, 0.3) is 0 Å². The van der Waals surface area contributed by atoms with Gasteiger partial charge in [0.25, 0.3) is 5.91 Å². The lowest BCUT2D eigenvalue weighted by molar-refractivity contribution is 0.0843. The minimum absolute atomic E-state index is 0.0127. The van der Waals surface area contributed by atoms with Crippen molar-refractivity contribution in [2.24, 2.45) is 0 Å². The fourth-order valence-electron chi connectivity index (χ4n) is 2.16. The molecular formula is C18H20FNO3. The molecule has 0 aliphatic carbocycles. The number of carbonyl (C=O) groups excluding carboxylic acids is 1. The second kappa shape index (κ2) is 7.74. The Morgan fingerprint density at radius 1 is 1.22 bits per heavy atom. The van der Waals surface area contributed by atoms with E-state index in [2.05, 4.69) is 5.32 Å². The molecule has 0 heterocycles. The number of halogens is 1. The van der Waals surface area contributed by atoms with E-state index in [-0.39, 0.29) is 24.9 Å². The lowest BCUT2D eigenvalue weighted by Gasteiger charge is -2.14. The van der Waals surface area contributed by atoms with Gasteiger partial charge in [-0.15, -0.1) is 0 Å². The Balaban J connectivity index is 1.80. The first-order valence-corrected chi connectivity index (χ1v) is 7.37. The predicted octanol–water partition coefficient (Wildman–Crippen LogP) is 2.61. The van der Waals surface area contributed by atoms with Crippen molar-refractivity contribution in [3.8, 4) is 5.75 Å². The lowest BCUT2D eigenvalue weighted by Crippen LogP contribution is -2.35. The van der Waals surface area contributed by atoms with Gasteiger partial charge in [0.1, 0.15) is 24.3 Å². The number of aliphatic hydroxyl groups excluding tert-OH is 1. The summed E-state index contributed by atoms with van der Waals surface area (Å²) >= 11 is 0. The molecule has 2 aromatic rings. The Morgan fingerprint density at radius 2 is 1.91 bits per heavy atom. The summed E-state index contributed by atoms with van der Waals surface area (Å²) in [4.78, 5) is 12.1. The van der Waals surface area contributed by atoms with Gasteiger partial charge in [-0.1, -0.05) is 17.7 Å². The standard InChI is InChI=1S/C18H20FNO3/c1-12-3-8-17(13(2)9-12)18(22)20-10-15(21)11-23-16-6-4-14(19)5-7-16/h3-9,15,21H,10-11H2,1-2H3,(H,20,22). The summed E-state index contributed by atoms with van der Waals surface area (Å²) in [6, 6.07) is 11.1. The van der Waals surface area contributed by atoms with Crippen LogP contribution in [-0.4, -0.2) is 30.3 Å². The fourth-order valence-corrected chi connectivity index (χ4v) is 2.16. The number of carbonyl (C=O) groups is 1. The Labute approximate surface area is 134 Å². The van der Waals surface area contributed by atoms with Gasteiger partial charge in [-0.25, -0.2) is 4.39 Å². The second-order valence-corrected chi connectivity index (χ2v) is 5.45. The highest BCUT2D eigenvalue weighted by Gasteiger charge is 2.11. The number of rotatable bonds is 6. The van der Waals surface area contributed by atoms with Crippen LogP contribution in [0, 0.1) is 19.7 Å². The number of ether oxygens (including phenoxy) is 1. The molecule has 0 saturated carbocycles. The molecule has 0 fully saturated rings. The number of amides is 1. The van der Waals surface area contributed by atoms with Crippen molar-refractivity contribution in [3.63, 3.8) is 0 Å². The van der Waals surface area contributed by atoms with Gasteiger partial charge >= 0.3 is 0 Å². The molecule has 2 aromatic carbocycles. The van der Waals surface area contributed by atoms with Crippen LogP contribution in [0.1, 0.15) is 21.5 Å². The van der Waals surface area contributed by atoms with Crippen molar-refractivity contribution in [1.29, 1.82) is 0 Å². The van der Waals surface area contributed by atoms with Gasteiger partial charge in [-0.05, 0) is 49.7 Å². The first-order chi connectivity index (χ1) is 11.0. The molecule has 1 atom stereocenters. The van der Waals surface area contributed by atoms with E-state index in [0.717, 1.165) is 11.1 Å². The summed E-state index contributed by atoms with van der Waals surface area (Å²) in [5, 5.41) is 12.5. The molecule has 1 unspecified atom stereocenters. The van der Waals surface area contributed by atoms with Crippen LogP contribution in [0.15, 0.2) is 42.5 Å². The number of nitrogens with one attached hydrogen (secondary N) is 1. The molecular weight excluding hydrogens is 297 g/mol. The van der Waals surface area contributed by atoms with E-state index in [1.807, 2.05) is 26.0 Å². The number of aryl methyl sites for hydroxylation is 2. The summed E-state index contributed by atoms with van der Waals surface area (Å²) in [5.41, 5.74) is 2.56. The molecule has 5 heteroatoms. The molecule has 0 aliphatic rings.